The summed E-state index contributed by atoms with van der Waals surface area (Å²) in [5.41, 5.74) is 1.69. The Kier molecular flexibility index (Phi) is 5.58. The molecule has 0 aliphatic carbocycles. The lowest BCUT2D eigenvalue weighted by molar-refractivity contribution is -0.384. The second kappa shape index (κ2) is 7.88. The molecule has 2 heterocycles. The molecule has 138 valence electrons. The van der Waals surface area contributed by atoms with E-state index in [1.165, 1.54) is 0 Å². The molecule has 1 aromatic carbocycles. The van der Waals surface area contributed by atoms with Crippen molar-refractivity contribution in [1.82, 2.24) is 14.7 Å². The molecule has 7 nitrogen and oxygen atoms in total. The minimum atomic E-state index is -0.334. The van der Waals surface area contributed by atoms with Crippen molar-refractivity contribution < 1.29 is 4.92 Å². The molecule has 0 unspecified atom stereocenters. The van der Waals surface area contributed by atoms with Gasteiger partial charge in [0.25, 0.3) is 0 Å². The Bertz CT molecular complexity index is 808. The predicted molar refractivity (Wildman–Crippen MR) is 104 cm³/mol. The molecular weight excluding hydrogens is 354 g/mol. The Morgan fingerprint density at radius 1 is 1.23 bits per heavy atom. The molecule has 0 amide bonds. The van der Waals surface area contributed by atoms with Crippen molar-refractivity contribution in [3.05, 3.63) is 56.7 Å². The van der Waals surface area contributed by atoms with Crippen LogP contribution in [-0.2, 0) is 7.05 Å². The van der Waals surface area contributed by atoms with Crippen LogP contribution in [-0.4, -0.2) is 52.3 Å². The van der Waals surface area contributed by atoms with Crippen LogP contribution in [0.15, 0.2) is 30.3 Å². The first kappa shape index (κ1) is 18.4. The fourth-order valence-corrected chi connectivity index (χ4v) is 3.38. The molecule has 0 N–H and O–H groups in total. The molecule has 26 heavy (non-hydrogen) atoms. The number of nitrogens with zero attached hydrogens (tertiary/aromatic N) is 5. The van der Waals surface area contributed by atoms with Crippen molar-refractivity contribution in [3.63, 3.8) is 0 Å². The number of rotatable bonds is 5. The molecule has 3 rings (SSSR count). The summed E-state index contributed by atoms with van der Waals surface area (Å²) in [6.45, 7) is 5.73. The van der Waals surface area contributed by atoms with E-state index >= 15 is 0 Å². The number of aryl methyl sites for hydroxylation is 2. The number of benzene rings is 1. The predicted octanol–water partition coefficient (Wildman–Crippen LogP) is 3.13. The number of hydrogen-bond donors (Lipinski definition) is 0. The van der Waals surface area contributed by atoms with Crippen LogP contribution in [0.3, 0.4) is 0 Å². The highest BCUT2D eigenvalue weighted by Crippen LogP contribution is 2.31. The van der Waals surface area contributed by atoms with E-state index < -0.39 is 0 Å². The number of nitro groups is 1. The molecule has 8 heteroatoms. The number of piperazine rings is 1. The summed E-state index contributed by atoms with van der Waals surface area (Å²) in [5.74, 6) is 0.601. The lowest BCUT2D eigenvalue weighted by Gasteiger charge is -2.34. The van der Waals surface area contributed by atoms with Gasteiger partial charge in [-0.25, -0.2) is 4.68 Å². The standard InChI is InChI=1S/C18H22ClN5O2/c1-14-17(24(25)26)18(21(2)20-14)23-12-10-22(11-13-23)9-3-4-15-5-7-16(19)8-6-15/h3-8H,9-13H2,1-2H3/b4-3+. The maximum Gasteiger partial charge on any atom is 0.333 e. The third kappa shape index (κ3) is 4.05. The van der Waals surface area contributed by atoms with Crippen molar-refractivity contribution in [2.45, 2.75) is 6.92 Å². The topological polar surface area (TPSA) is 67.4 Å². The SMILES string of the molecule is Cc1nn(C)c(N2CCN(C/C=C/c3ccc(Cl)cc3)CC2)c1[N+](=O)[O-]. The Hall–Kier alpha value is -2.38. The third-order valence-electron chi connectivity index (χ3n) is 4.56. The van der Waals surface area contributed by atoms with Gasteiger partial charge in [0.05, 0.1) is 4.92 Å². The first-order chi connectivity index (χ1) is 12.5. The van der Waals surface area contributed by atoms with E-state index in [4.69, 9.17) is 11.6 Å². The van der Waals surface area contributed by atoms with E-state index in [2.05, 4.69) is 27.1 Å². The van der Waals surface area contributed by atoms with Gasteiger partial charge in [0.2, 0.25) is 5.82 Å². The summed E-state index contributed by atoms with van der Waals surface area (Å²) in [6.07, 6.45) is 4.22. The molecule has 1 aliphatic heterocycles. The van der Waals surface area contributed by atoms with Gasteiger partial charge < -0.3 is 4.90 Å². The van der Waals surface area contributed by atoms with Crippen molar-refractivity contribution in [2.24, 2.45) is 7.05 Å². The molecule has 2 aromatic rings. The fourth-order valence-electron chi connectivity index (χ4n) is 3.26. The second-order valence-electron chi connectivity index (χ2n) is 6.38. The summed E-state index contributed by atoms with van der Waals surface area (Å²) in [5, 5.41) is 16.3. The average molecular weight is 376 g/mol. The minimum absolute atomic E-state index is 0.114. The number of hydrogen-bond acceptors (Lipinski definition) is 5. The van der Waals surface area contributed by atoms with Crippen LogP contribution in [0.25, 0.3) is 6.08 Å². The zero-order valence-electron chi connectivity index (χ0n) is 14.9. The summed E-state index contributed by atoms with van der Waals surface area (Å²) >= 11 is 5.89. The number of aromatic nitrogens is 2. The van der Waals surface area contributed by atoms with E-state index in [-0.39, 0.29) is 10.6 Å². The third-order valence-corrected chi connectivity index (χ3v) is 4.81. The Balaban J connectivity index is 1.58. The van der Waals surface area contributed by atoms with E-state index in [0.717, 1.165) is 43.3 Å². The van der Waals surface area contributed by atoms with Gasteiger partial charge in [-0.2, -0.15) is 5.10 Å². The quantitative estimate of drug-likeness (QED) is 0.593. The van der Waals surface area contributed by atoms with Gasteiger partial charge in [0, 0.05) is 44.8 Å². The van der Waals surface area contributed by atoms with Gasteiger partial charge in [0.15, 0.2) is 0 Å². The second-order valence-corrected chi connectivity index (χ2v) is 6.82. The van der Waals surface area contributed by atoms with Crippen LogP contribution in [0.5, 0.6) is 0 Å². The molecule has 0 radical (unpaired) electrons. The molecule has 1 aliphatic rings. The Labute approximate surface area is 157 Å². The molecule has 1 aromatic heterocycles. The first-order valence-corrected chi connectivity index (χ1v) is 8.91. The summed E-state index contributed by atoms with van der Waals surface area (Å²) in [7, 11) is 1.76. The molecule has 1 fully saturated rings. The lowest BCUT2D eigenvalue weighted by Crippen LogP contribution is -2.47. The van der Waals surface area contributed by atoms with Crippen molar-refractivity contribution in [3.8, 4) is 0 Å². The van der Waals surface area contributed by atoms with Crippen LogP contribution >= 0.6 is 11.6 Å². The van der Waals surface area contributed by atoms with Crippen LogP contribution < -0.4 is 4.90 Å². The molecule has 0 atom stereocenters. The molecule has 0 saturated carbocycles. The highest BCUT2D eigenvalue weighted by atomic mass is 35.5. The van der Waals surface area contributed by atoms with Gasteiger partial charge >= 0.3 is 5.69 Å². The first-order valence-electron chi connectivity index (χ1n) is 8.53. The van der Waals surface area contributed by atoms with Crippen LogP contribution in [0, 0.1) is 17.0 Å². The molecule has 0 bridgehead atoms. The maximum absolute atomic E-state index is 11.4. The zero-order chi connectivity index (χ0) is 18.7. The van der Waals surface area contributed by atoms with Gasteiger partial charge in [-0.3, -0.25) is 15.0 Å². The Morgan fingerprint density at radius 3 is 2.50 bits per heavy atom. The molecule has 1 saturated heterocycles. The summed E-state index contributed by atoms with van der Waals surface area (Å²) in [6, 6.07) is 7.73. The van der Waals surface area contributed by atoms with Crippen molar-refractivity contribution >= 4 is 29.2 Å². The summed E-state index contributed by atoms with van der Waals surface area (Å²) in [4.78, 5) is 15.4. The maximum atomic E-state index is 11.4. The Morgan fingerprint density at radius 2 is 1.88 bits per heavy atom. The highest BCUT2D eigenvalue weighted by Gasteiger charge is 2.30. The van der Waals surface area contributed by atoms with Crippen LogP contribution in [0.4, 0.5) is 11.5 Å². The molecule has 0 spiro atoms. The zero-order valence-corrected chi connectivity index (χ0v) is 15.7. The van der Waals surface area contributed by atoms with E-state index in [9.17, 15) is 10.1 Å². The van der Waals surface area contributed by atoms with Crippen LogP contribution in [0.1, 0.15) is 11.3 Å². The highest BCUT2D eigenvalue weighted by molar-refractivity contribution is 6.30. The van der Waals surface area contributed by atoms with Crippen molar-refractivity contribution in [2.75, 3.05) is 37.6 Å². The smallest absolute Gasteiger partial charge is 0.333 e. The number of anilines is 1. The number of halogens is 1. The fraction of sp³-hybridized carbons (Fsp3) is 0.389. The van der Waals surface area contributed by atoms with Crippen LogP contribution in [0.2, 0.25) is 5.02 Å². The normalized spacial score (nSPS) is 15.7. The van der Waals surface area contributed by atoms with Gasteiger partial charge in [-0.15, -0.1) is 0 Å². The van der Waals surface area contributed by atoms with E-state index in [1.54, 1.807) is 18.7 Å². The van der Waals surface area contributed by atoms with E-state index in [0.29, 0.717) is 11.5 Å². The van der Waals surface area contributed by atoms with Gasteiger partial charge in [-0.05, 0) is 24.6 Å². The monoisotopic (exact) mass is 375 g/mol. The molecular formula is C18H22ClN5O2. The van der Waals surface area contributed by atoms with Gasteiger partial charge in [0.1, 0.15) is 5.69 Å². The summed E-state index contributed by atoms with van der Waals surface area (Å²) < 4.78 is 1.61. The van der Waals surface area contributed by atoms with Crippen molar-refractivity contribution in [1.29, 1.82) is 0 Å². The van der Waals surface area contributed by atoms with Gasteiger partial charge in [-0.1, -0.05) is 35.9 Å². The average Bonchev–Trinajstić information content (AvgIpc) is 2.91. The largest absolute Gasteiger partial charge is 0.349 e. The minimum Gasteiger partial charge on any atom is -0.349 e. The lowest BCUT2D eigenvalue weighted by atomic mass is 10.2. The van der Waals surface area contributed by atoms with E-state index in [1.807, 2.05) is 24.3 Å².